The van der Waals surface area contributed by atoms with Gasteiger partial charge in [0.25, 0.3) is 5.56 Å². The molecule has 0 unspecified atom stereocenters. The molecule has 0 radical (unpaired) electrons. The fourth-order valence-corrected chi connectivity index (χ4v) is 3.40. The minimum Gasteiger partial charge on any atom is -0.497 e. The Hall–Kier alpha value is -4.14. The fourth-order valence-electron chi connectivity index (χ4n) is 3.40. The number of para-hydroxylation sites is 1. The predicted molar refractivity (Wildman–Crippen MR) is 117 cm³/mol. The highest BCUT2D eigenvalue weighted by molar-refractivity contribution is 6.04. The molecule has 1 atom stereocenters. The van der Waals surface area contributed by atoms with E-state index in [1.807, 2.05) is 19.1 Å². The number of hydrogen-bond acceptors (Lipinski definition) is 6. The number of aromatic nitrogens is 2. The third kappa shape index (κ3) is 4.25. The van der Waals surface area contributed by atoms with Gasteiger partial charge in [-0.3, -0.25) is 19.4 Å². The number of amides is 2. The molecular formula is C22H21N5O4. The number of aromatic amines is 1. The molecule has 2 aromatic carbocycles. The van der Waals surface area contributed by atoms with Crippen LogP contribution in [0.1, 0.15) is 23.5 Å². The summed E-state index contributed by atoms with van der Waals surface area (Å²) in [5.41, 5.74) is 1.81. The lowest BCUT2D eigenvalue weighted by molar-refractivity contribution is -0.123. The number of rotatable bonds is 5. The number of fused-ring (bicyclic) bond motifs is 1. The first-order valence-electron chi connectivity index (χ1n) is 9.66. The highest BCUT2D eigenvalue weighted by Gasteiger charge is 2.34. The van der Waals surface area contributed by atoms with Gasteiger partial charge in [0.15, 0.2) is 0 Å². The molecule has 0 saturated heterocycles. The summed E-state index contributed by atoms with van der Waals surface area (Å²) in [7, 11) is 1.57. The molecule has 0 aliphatic carbocycles. The second-order valence-electron chi connectivity index (χ2n) is 7.14. The molecule has 4 N–H and O–H groups in total. The van der Waals surface area contributed by atoms with Crippen LogP contribution < -0.4 is 26.2 Å². The first-order valence-corrected chi connectivity index (χ1v) is 9.66. The quantitative estimate of drug-likeness (QED) is 0.504. The zero-order valence-corrected chi connectivity index (χ0v) is 17.0. The lowest BCUT2D eigenvalue weighted by Gasteiger charge is -2.24. The van der Waals surface area contributed by atoms with E-state index in [2.05, 4.69) is 25.9 Å². The Balaban J connectivity index is 1.62. The number of aryl methyl sites for hydroxylation is 1. The van der Waals surface area contributed by atoms with Crippen molar-refractivity contribution >= 4 is 35.0 Å². The van der Waals surface area contributed by atoms with E-state index in [1.54, 1.807) is 43.5 Å². The van der Waals surface area contributed by atoms with Crippen molar-refractivity contribution in [2.75, 3.05) is 23.1 Å². The van der Waals surface area contributed by atoms with Gasteiger partial charge >= 0.3 is 0 Å². The minimum absolute atomic E-state index is 0.0703. The average molecular weight is 419 g/mol. The number of benzene rings is 2. The minimum atomic E-state index is -0.949. The summed E-state index contributed by atoms with van der Waals surface area (Å²) in [5.74, 6) is -0.864. The van der Waals surface area contributed by atoms with Gasteiger partial charge < -0.3 is 20.7 Å². The van der Waals surface area contributed by atoms with Gasteiger partial charge in [-0.2, -0.15) is 4.98 Å². The van der Waals surface area contributed by atoms with Gasteiger partial charge in [-0.05, 0) is 42.8 Å². The number of ether oxygens (including phenoxy) is 1. The second-order valence-corrected chi connectivity index (χ2v) is 7.14. The predicted octanol–water partition coefficient (Wildman–Crippen LogP) is 2.90. The molecule has 1 aromatic heterocycles. The van der Waals surface area contributed by atoms with E-state index in [-0.39, 0.29) is 29.7 Å². The largest absolute Gasteiger partial charge is 0.497 e. The molecule has 0 saturated carbocycles. The highest BCUT2D eigenvalue weighted by Crippen LogP contribution is 2.30. The zero-order valence-electron chi connectivity index (χ0n) is 17.0. The van der Waals surface area contributed by atoms with Crippen molar-refractivity contribution in [3.05, 3.63) is 70.0 Å². The molecule has 2 amide bonds. The van der Waals surface area contributed by atoms with Crippen LogP contribution in [0.15, 0.2) is 53.3 Å². The Morgan fingerprint density at radius 3 is 2.58 bits per heavy atom. The average Bonchev–Trinajstić information content (AvgIpc) is 2.75. The third-order valence-electron chi connectivity index (χ3n) is 5.02. The van der Waals surface area contributed by atoms with Crippen LogP contribution in [0.2, 0.25) is 0 Å². The molecule has 2 heterocycles. The lowest BCUT2D eigenvalue weighted by Crippen LogP contribution is -2.36. The van der Waals surface area contributed by atoms with Gasteiger partial charge in [-0.15, -0.1) is 0 Å². The normalized spacial score (nSPS) is 14.9. The molecular weight excluding hydrogens is 398 g/mol. The Morgan fingerprint density at radius 2 is 1.87 bits per heavy atom. The van der Waals surface area contributed by atoms with Gasteiger partial charge in [-0.25, -0.2) is 0 Å². The van der Waals surface area contributed by atoms with Crippen LogP contribution >= 0.6 is 0 Å². The van der Waals surface area contributed by atoms with E-state index in [0.717, 1.165) is 5.56 Å². The maximum absolute atomic E-state index is 12.9. The first-order chi connectivity index (χ1) is 14.9. The van der Waals surface area contributed by atoms with Crippen molar-refractivity contribution in [2.24, 2.45) is 0 Å². The Labute approximate surface area is 177 Å². The van der Waals surface area contributed by atoms with Crippen molar-refractivity contribution in [3.8, 4) is 5.75 Å². The van der Waals surface area contributed by atoms with Crippen LogP contribution in [0.3, 0.4) is 0 Å². The van der Waals surface area contributed by atoms with E-state index in [4.69, 9.17) is 4.74 Å². The van der Waals surface area contributed by atoms with Gasteiger partial charge in [-0.1, -0.05) is 18.2 Å². The van der Waals surface area contributed by atoms with Crippen LogP contribution in [0.4, 0.5) is 23.1 Å². The van der Waals surface area contributed by atoms with Crippen molar-refractivity contribution in [1.82, 2.24) is 9.97 Å². The fraction of sp³-hybridized carbons (Fsp3) is 0.182. The summed E-state index contributed by atoms with van der Waals surface area (Å²) in [4.78, 5) is 44.9. The summed E-state index contributed by atoms with van der Waals surface area (Å²) in [6, 6.07) is 14.3. The van der Waals surface area contributed by atoms with Gasteiger partial charge in [0.1, 0.15) is 11.6 Å². The Bertz CT molecular complexity index is 1200. The highest BCUT2D eigenvalue weighted by atomic mass is 16.5. The van der Waals surface area contributed by atoms with Gasteiger partial charge in [0, 0.05) is 17.8 Å². The van der Waals surface area contributed by atoms with Crippen LogP contribution in [0.25, 0.3) is 0 Å². The summed E-state index contributed by atoms with van der Waals surface area (Å²) in [5, 5.41) is 8.38. The second kappa shape index (κ2) is 8.31. The molecule has 158 valence electrons. The number of hydrogen-bond donors (Lipinski definition) is 4. The summed E-state index contributed by atoms with van der Waals surface area (Å²) < 4.78 is 5.12. The maximum Gasteiger partial charge on any atom is 0.258 e. The molecule has 0 spiro atoms. The van der Waals surface area contributed by atoms with E-state index < -0.39 is 17.4 Å². The first kappa shape index (κ1) is 20.1. The van der Waals surface area contributed by atoms with Crippen molar-refractivity contribution < 1.29 is 14.3 Å². The van der Waals surface area contributed by atoms with Crippen LogP contribution in [0.5, 0.6) is 5.75 Å². The molecule has 31 heavy (non-hydrogen) atoms. The van der Waals surface area contributed by atoms with E-state index in [9.17, 15) is 14.4 Å². The Morgan fingerprint density at radius 1 is 1.13 bits per heavy atom. The molecule has 3 aromatic rings. The van der Waals surface area contributed by atoms with E-state index in [1.165, 1.54) is 0 Å². The number of anilines is 4. The summed E-state index contributed by atoms with van der Waals surface area (Å²) >= 11 is 0. The van der Waals surface area contributed by atoms with E-state index in [0.29, 0.717) is 17.1 Å². The number of nitrogens with one attached hydrogen (secondary N) is 4. The molecule has 0 fully saturated rings. The van der Waals surface area contributed by atoms with Crippen LogP contribution in [-0.4, -0.2) is 28.9 Å². The summed E-state index contributed by atoms with van der Waals surface area (Å²) in [6.07, 6.45) is -0.138. The smallest absolute Gasteiger partial charge is 0.258 e. The Kier molecular flexibility index (Phi) is 5.40. The van der Waals surface area contributed by atoms with Crippen molar-refractivity contribution in [3.63, 3.8) is 0 Å². The SMILES string of the molecule is COc1ccc(Nc2nc3c(c(=O)[nH]2)[C@H](C(=O)Nc2ccccc2C)CC(=O)N3)cc1. The monoisotopic (exact) mass is 419 g/mol. The molecule has 9 nitrogen and oxygen atoms in total. The standard InChI is InChI=1S/C22H21N5O4/c1-12-5-3-4-6-16(12)24-20(29)15-11-17(28)25-19-18(15)21(30)27-22(26-19)23-13-7-9-14(31-2)10-8-13/h3-10,15H,11H2,1-2H3,(H,24,29)(H3,23,25,26,27,28,30)/t15-/m1/s1. The maximum atomic E-state index is 12.9. The van der Waals surface area contributed by atoms with Crippen LogP contribution in [-0.2, 0) is 9.59 Å². The zero-order chi connectivity index (χ0) is 22.0. The van der Waals surface area contributed by atoms with E-state index >= 15 is 0 Å². The number of carbonyl (C=O) groups is 2. The van der Waals surface area contributed by atoms with Gasteiger partial charge in [0.2, 0.25) is 17.8 Å². The topological polar surface area (TPSA) is 125 Å². The molecule has 9 heteroatoms. The number of H-pyrrole nitrogens is 1. The number of nitrogens with zero attached hydrogens (tertiary/aromatic N) is 1. The van der Waals surface area contributed by atoms with Crippen molar-refractivity contribution in [1.29, 1.82) is 0 Å². The lowest BCUT2D eigenvalue weighted by atomic mass is 9.92. The third-order valence-corrected chi connectivity index (χ3v) is 5.02. The molecule has 1 aliphatic rings. The van der Waals surface area contributed by atoms with Crippen LogP contribution in [0, 0.1) is 6.92 Å². The molecule has 4 rings (SSSR count). The number of methoxy groups -OCH3 is 1. The number of carbonyl (C=O) groups excluding carboxylic acids is 2. The summed E-state index contributed by atoms with van der Waals surface area (Å²) in [6.45, 7) is 1.86. The van der Waals surface area contributed by atoms with Gasteiger partial charge in [0.05, 0.1) is 18.6 Å². The van der Waals surface area contributed by atoms with Crippen molar-refractivity contribution in [2.45, 2.75) is 19.3 Å². The molecule has 1 aliphatic heterocycles. The molecule has 0 bridgehead atoms.